The zero-order valence-corrected chi connectivity index (χ0v) is 11.9. The van der Waals surface area contributed by atoms with Gasteiger partial charge >= 0.3 is 5.97 Å². The van der Waals surface area contributed by atoms with Crippen LogP contribution in [0.4, 0.5) is 0 Å². The maximum Gasteiger partial charge on any atom is 0.318 e. The molecule has 0 N–H and O–H groups in total. The van der Waals surface area contributed by atoms with Gasteiger partial charge in [-0.3, -0.25) is 14.5 Å². The van der Waals surface area contributed by atoms with Gasteiger partial charge in [-0.1, -0.05) is 6.92 Å². The minimum absolute atomic E-state index is 0.0701. The lowest BCUT2D eigenvalue weighted by atomic mass is 9.88. The second kappa shape index (κ2) is 6.29. The van der Waals surface area contributed by atoms with Crippen molar-refractivity contribution in [3.05, 3.63) is 0 Å². The number of hydrogen-bond donors (Lipinski definition) is 0. The summed E-state index contributed by atoms with van der Waals surface area (Å²) in [5.74, 6) is -0.529. The molecule has 5 heteroatoms. The summed E-state index contributed by atoms with van der Waals surface area (Å²) in [5.41, 5.74) is -1.04. The van der Waals surface area contributed by atoms with Gasteiger partial charge in [0, 0.05) is 26.2 Å². The predicted molar refractivity (Wildman–Crippen MR) is 69.4 cm³/mol. The molecule has 1 aliphatic rings. The molecule has 0 aromatic carbocycles. The molecule has 1 saturated heterocycles. The summed E-state index contributed by atoms with van der Waals surface area (Å²) in [7, 11) is 1.32. The minimum atomic E-state index is -1.04. The number of piperazine rings is 1. The van der Waals surface area contributed by atoms with Crippen molar-refractivity contribution in [2.75, 3.05) is 46.4 Å². The zero-order valence-electron chi connectivity index (χ0n) is 11.9. The lowest BCUT2D eigenvalue weighted by molar-refractivity contribution is -0.156. The second-order valence-corrected chi connectivity index (χ2v) is 5.25. The van der Waals surface area contributed by atoms with Gasteiger partial charge < -0.3 is 9.64 Å². The molecule has 0 unspecified atom stereocenters. The summed E-state index contributed by atoms with van der Waals surface area (Å²) in [6.07, 6.45) is 0. The van der Waals surface area contributed by atoms with Gasteiger partial charge in [-0.2, -0.15) is 0 Å². The van der Waals surface area contributed by atoms with Crippen molar-refractivity contribution >= 4 is 11.8 Å². The summed E-state index contributed by atoms with van der Waals surface area (Å²) >= 11 is 0. The largest absolute Gasteiger partial charge is 0.468 e. The normalized spacial score (nSPS) is 18.7. The van der Waals surface area contributed by atoms with Gasteiger partial charge in [0.05, 0.1) is 13.7 Å². The van der Waals surface area contributed by atoms with E-state index in [0.717, 1.165) is 32.7 Å². The van der Waals surface area contributed by atoms with E-state index in [1.165, 1.54) is 7.11 Å². The Hall–Kier alpha value is -0.940. The highest BCUT2D eigenvalue weighted by Crippen LogP contribution is 2.19. The van der Waals surface area contributed by atoms with Crippen LogP contribution in [0.3, 0.4) is 0 Å². The van der Waals surface area contributed by atoms with Crippen molar-refractivity contribution in [2.24, 2.45) is 5.41 Å². The molecule has 0 spiro atoms. The number of carbonyl (C=O) groups excluding carboxylic acids is 2. The van der Waals surface area contributed by atoms with Crippen LogP contribution < -0.4 is 0 Å². The Bertz CT molecular complexity index is 307. The van der Waals surface area contributed by atoms with E-state index in [0.29, 0.717) is 6.54 Å². The third-order valence-electron chi connectivity index (χ3n) is 3.67. The van der Waals surface area contributed by atoms with Crippen LogP contribution in [0.25, 0.3) is 0 Å². The number of Topliss-reactive ketones (excluding diaryl/α,β-unsaturated/α-hetero) is 1. The average molecular weight is 256 g/mol. The summed E-state index contributed by atoms with van der Waals surface area (Å²) < 4.78 is 4.67. The van der Waals surface area contributed by atoms with Crippen molar-refractivity contribution in [1.29, 1.82) is 0 Å². The van der Waals surface area contributed by atoms with Gasteiger partial charge in [0.25, 0.3) is 0 Å². The molecule has 0 bridgehead atoms. The number of methoxy groups -OCH3 is 1. The SMILES string of the molecule is CCN1CCN(CC(=O)C(C)(C)C(=O)OC)CC1. The molecule has 18 heavy (non-hydrogen) atoms. The number of nitrogens with zero attached hydrogens (tertiary/aromatic N) is 2. The molecule has 104 valence electrons. The number of likely N-dealkylation sites (N-methyl/N-ethyl adjacent to an activating group) is 1. The average Bonchev–Trinajstić information content (AvgIpc) is 2.38. The molecule has 0 aromatic rings. The van der Waals surface area contributed by atoms with E-state index in [4.69, 9.17) is 0 Å². The lowest BCUT2D eigenvalue weighted by Gasteiger charge is -2.34. The van der Waals surface area contributed by atoms with Crippen molar-refractivity contribution in [1.82, 2.24) is 9.80 Å². The Morgan fingerprint density at radius 2 is 1.61 bits per heavy atom. The first kappa shape index (κ1) is 15.1. The van der Waals surface area contributed by atoms with E-state index in [2.05, 4.69) is 21.5 Å². The van der Waals surface area contributed by atoms with E-state index in [-0.39, 0.29) is 5.78 Å². The predicted octanol–water partition coefficient (Wildman–Crippen LogP) is 0.392. The first-order valence-electron chi connectivity index (χ1n) is 6.48. The molecule has 0 amide bonds. The molecule has 0 aliphatic carbocycles. The van der Waals surface area contributed by atoms with Crippen LogP contribution in [0.2, 0.25) is 0 Å². The fourth-order valence-electron chi connectivity index (χ4n) is 2.03. The van der Waals surface area contributed by atoms with Crippen LogP contribution in [-0.2, 0) is 14.3 Å². The number of carbonyl (C=O) groups is 2. The first-order valence-corrected chi connectivity index (χ1v) is 6.48. The van der Waals surface area contributed by atoms with Gasteiger partial charge in [0.1, 0.15) is 5.41 Å². The lowest BCUT2D eigenvalue weighted by Crippen LogP contribution is -2.50. The highest BCUT2D eigenvalue weighted by Gasteiger charge is 2.37. The summed E-state index contributed by atoms with van der Waals surface area (Å²) in [6.45, 7) is 10.5. The summed E-state index contributed by atoms with van der Waals surface area (Å²) in [5, 5.41) is 0. The van der Waals surface area contributed by atoms with Crippen molar-refractivity contribution in [3.63, 3.8) is 0 Å². The molecule has 0 saturated carbocycles. The van der Waals surface area contributed by atoms with Crippen LogP contribution in [0.5, 0.6) is 0 Å². The Kier molecular flexibility index (Phi) is 5.28. The van der Waals surface area contributed by atoms with E-state index in [9.17, 15) is 9.59 Å². The van der Waals surface area contributed by atoms with Gasteiger partial charge in [0.2, 0.25) is 0 Å². The molecule has 1 fully saturated rings. The van der Waals surface area contributed by atoms with Gasteiger partial charge in [-0.25, -0.2) is 0 Å². The molecule has 0 aromatic heterocycles. The maximum absolute atomic E-state index is 12.1. The van der Waals surface area contributed by atoms with Crippen molar-refractivity contribution < 1.29 is 14.3 Å². The van der Waals surface area contributed by atoms with E-state index >= 15 is 0 Å². The molecule has 1 aliphatic heterocycles. The first-order chi connectivity index (χ1) is 8.41. The second-order valence-electron chi connectivity index (χ2n) is 5.25. The van der Waals surface area contributed by atoms with Crippen LogP contribution in [0.15, 0.2) is 0 Å². The van der Waals surface area contributed by atoms with Crippen molar-refractivity contribution in [2.45, 2.75) is 20.8 Å². The number of rotatable bonds is 5. The quantitative estimate of drug-likeness (QED) is 0.526. The van der Waals surface area contributed by atoms with E-state index < -0.39 is 11.4 Å². The topological polar surface area (TPSA) is 49.9 Å². The molecule has 1 heterocycles. The van der Waals surface area contributed by atoms with E-state index in [1.54, 1.807) is 13.8 Å². The fraction of sp³-hybridized carbons (Fsp3) is 0.846. The highest BCUT2D eigenvalue weighted by atomic mass is 16.5. The number of esters is 1. The van der Waals surface area contributed by atoms with Gasteiger partial charge in [-0.05, 0) is 20.4 Å². The van der Waals surface area contributed by atoms with Crippen LogP contribution in [-0.4, -0.2) is 67.9 Å². The highest BCUT2D eigenvalue weighted by molar-refractivity contribution is 6.03. The Morgan fingerprint density at radius 3 is 2.06 bits per heavy atom. The van der Waals surface area contributed by atoms with Crippen LogP contribution in [0.1, 0.15) is 20.8 Å². The Balaban J connectivity index is 2.48. The molecule has 5 nitrogen and oxygen atoms in total. The van der Waals surface area contributed by atoms with Crippen molar-refractivity contribution in [3.8, 4) is 0 Å². The third-order valence-corrected chi connectivity index (χ3v) is 3.67. The smallest absolute Gasteiger partial charge is 0.318 e. The Morgan fingerprint density at radius 1 is 1.11 bits per heavy atom. The fourth-order valence-corrected chi connectivity index (χ4v) is 2.03. The van der Waals surface area contributed by atoms with Gasteiger partial charge in [-0.15, -0.1) is 0 Å². The van der Waals surface area contributed by atoms with E-state index in [1.807, 2.05) is 0 Å². The summed E-state index contributed by atoms with van der Waals surface area (Å²) in [4.78, 5) is 28.1. The molecular formula is C13H24N2O3. The Labute approximate surface area is 109 Å². The third kappa shape index (κ3) is 3.53. The standard InChI is InChI=1S/C13H24N2O3/c1-5-14-6-8-15(9-7-14)10-11(16)13(2,3)12(17)18-4/h5-10H2,1-4H3. The minimum Gasteiger partial charge on any atom is -0.468 e. The number of ketones is 1. The monoisotopic (exact) mass is 256 g/mol. The molecule has 0 atom stereocenters. The van der Waals surface area contributed by atoms with Gasteiger partial charge in [0.15, 0.2) is 5.78 Å². The number of ether oxygens (including phenoxy) is 1. The van der Waals surface area contributed by atoms with Crippen LogP contribution in [0, 0.1) is 5.41 Å². The maximum atomic E-state index is 12.1. The van der Waals surface area contributed by atoms with Crippen LogP contribution >= 0.6 is 0 Å². The molecular weight excluding hydrogens is 232 g/mol. The molecule has 0 radical (unpaired) electrons. The summed E-state index contributed by atoms with van der Waals surface area (Å²) in [6, 6.07) is 0. The zero-order chi connectivity index (χ0) is 13.8. The number of hydrogen-bond acceptors (Lipinski definition) is 5. The molecule has 1 rings (SSSR count).